The fourth-order valence-electron chi connectivity index (χ4n) is 4.20. The molecule has 2 bridgehead atoms. The second kappa shape index (κ2) is 5.09. The number of hydrogen-bond acceptors (Lipinski definition) is 2. The van der Waals surface area contributed by atoms with Crippen molar-refractivity contribution in [2.75, 3.05) is 4.90 Å². The number of allylic oxidation sites excluding steroid dienone is 2. The number of alkyl halides is 3. The van der Waals surface area contributed by atoms with Crippen molar-refractivity contribution in [3.63, 3.8) is 0 Å². The van der Waals surface area contributed by atoms with E-state index in [4.69, 9.17) is 11.6 Å². The summed E-state index contributed by atoms with van der Waals surface area (Å²) in [4.78, 5) is 26.4. The third-order valence-electron chi connectivity index (χ3n) is 5.27. The maximum absolute atomic E-state index is 13.1. The van der Waals surface area contributed by atoms with Crippen molar-refractivity contribution in [3.8, 4) is 0 Å². The summed E-state index contributed by atoms with van der Waals surface area (Å²) in [5.41, 5.74) is -1.10. The van der Waals surface area contributed by atoms with E-state index < -0.39 is 40.4 Å². The molecule has 3 aliphatic carbocycles. The lowest BCUT2D eigenvalue weighted by molar-refractivity contribution is -0.137. The number of fused-ring (bicyclic) bond motifs is 1. The molecule has 0 unspecified atom stereocenters. The smallest absolute Gasteiger partial charge is 0.274 e. The molecule has 4 aliphatic rings. The maximum atomic E-state index is 13.1. The number of halogens is 4. The van der Waals surface area contributed by atoms with Crippen LogP contribution in [0, 0.1) is 23.7 Å². The lowest BCUT2D eigenvalue weighted by Crippen LogP contribution is -2.38. The molecule has 4 atom stereocenters. The highest BCUT2D eigenvalue weighted by Crippen LogP contribution is 2.50. The molecular formula is C17H13ClF3NO2. The van der Waals surface area contributed by atoms with E-state index >= 15 is 0 Å². The van der Waals surface area contributed by atoms with Gasteiger partial charge >= 0.3 is 6.18 Å². The zero-order valence-corrected chi connectivity index (χ0v) is 13.1. The number of amides is 2. The number of nitrogens with zero attached hydrogens (tertiary/aromatic N) is 1. The van der Waals surface area contributed by atoms with E-state index in [1.54, 1.807) is 0 Å². The Morgan fingerprint density at radius 2 is 1.54 bits per heavy atom. The van der Waals surface area contributed by atoms with Crippen LogP contribution in [-0.4, -0.2) is 11.8 Å². The van der Waals surface area contributed by atoms with Gasteiger partial charge in [0.05, 0.1) is 28.1 Å². The van der Waals surface area contributed by atoms with Gasteiger partial charge in [-0.1, -0.05) is 23.8 Å². The van der Waals surface area contributed by atoms with Gasteiger partial charge in [0.15, 0.2) is 0 Å². The second-order valence-electron chi connectivity index (χ2n) is 6.52. The van der Waals surface area contributed by atoms with Crippen LogP contribution in [0.1, 0.15) is 18.4 Å². The summed E-state index contributed by atoms with van der Waals surface area (Å²) in [6.45, 7) is 0. The molecule has 0 aromatic heterocycles. The van der Waals surface area contributed by atoms with Crippen molar-refractivity contribution in [2.45, 2.75) is 19.0 Å². The van der Waals surface area contributed by atoms with Crippen LogP contribution in [-0.2, 0) is 15.8 Å². The highest BCUT2D eigenvalue weighted by atomic mass is 35.5. The van der Waals surface area contributed by atoms with Crippen molar-refractivity contribution in [1.29, 1.82) is 0 Å². The van der Waals surface area contributed by atoms with Crippen LogP contribution >= 0.6 is 11.6 Å². The molecule has 3 nitrogen and oxygen atoms in total. The van der Waals surface area contributed by atoms with E-state index in [0.29, 0.717) is 0 Å². The Morgan fingerprint density at radius 3 is 2.00 bits per heavy atom. The molecule has 1 heterocycles. The summed E-state index contributed by atoms with van der Waals surface area (Å²) >= 11 is 5.62. The molecule has 1 saturated heterocycles. The molecule has 5 rings (SSSR count). The maximum Gasteiger partial charge on any atom is 0.417 e. The van der Waals surface area contributed by atoms with Crippen molar-refractivity contribution < 1.29 is 22.8 Å². The monoisotopic (exact) mass is 355 g/mol. The highest BCUT2D eigenvalue weighted by Gasteiger charge is 2.57. The van der Waals surface area contributed by atoms with E-state index in [1.165, 1.54) is 6.07 Å². The standard InChI is InChI=1S/C17H13ClF3NO2/c18-12-6-5-10(7-11(12)17(19,20)21)22-15(23)13-8-1-2-9(4-3-8)14(13)16(22)24/h1-2,5-9,13-14H,3-4H2/t8-,9-,13-,14-/m0/s1. The molecule has 1 aromatic rings. The summed E-state index contributed by atoms with van der Waals surface area (Å²) in [5, 5.41) is -0.454. The molecule has 0 radical (unpaired) electrons. The Hall–Kier alpha value is -1.82. The lowest BCUT2D eigenvalue weighted by Gasteiger charge is -2.38. The average Bonchev–Trinajstić information content (AvgIpc) is 2.82. The summed E-state index contributed by atoms with van der Waals surface area (Å²) in [7, 11) is 0. The van der Waals surface area contributed by atoms with Crippen LogP contribution in [0.2, 0.25) is 5.02 Å². The van der Waals surface area contributed by atoms with Crippen molar-refractivity contribution in [1.82, 2.24) is 0 Å². The predicted molar refractivity (Wildman–Crippen MR) is 81.3 cm³/mol. The topological polar surface area (TPSA) is 37.4 Å². The largest absolute Gasteiger partial charge is 0.417 e. The molecule has 24 heavy (non-hydrogen) atoms. The van der Waals surface area contributed by atoms with Gasteiger partial charge in [-0.05, 0) is 42.9 Å². The Kier molecular flexibility index (Phi) is 3.33. The predicted octanol–water partition coefficient (Wildman–Crippen LogP) is 4.06. The lowest BCUT2D eigenvalue weighted by atomic mass is 9.63. The van der Waals surface area contributed by atoms with Crippen molar-refractivity contribution in [3.05, 3.63) is 40.9 Å². The molecular weight excluding hydrogens is 343 g/mol. The zero-order chi connectivity index (χ0) is 17.2. The number of anilines is 1. The van der Waals surface area contributed by atoms with Crippen LogP contribution in [0.15, 0.2) is 30.4 Å². The van der Waals surface area contributed by atoms with Crippen LogP contribution in [0.3, 0.4) is 0 Å². The van der Waals surface area contributed by atoms with Gasteiger partial charge in [0.25, 0.3) is 0 Å². The van der Waals surface area contributed by atoms with Gasteiger partial charge in [-0.3, -0.25) is 14.5 Å². The molecule has 7 heteroatoms. The Morgan fingerprint density at radius 1 is 1.00 bits per heavy atom. The molecule has 1 aromatic carbocycles. The number of carbonyl (C=O) groups is 2. The first kappa shape index (κ1) is 15.7. The molecule has 0 spiro atoms. The van der Waals surface area contributed by atoms with Gasteiger partial charge in [0.1, 0.15) is 0 Å². The van der Waals surface area contributed by atoms with Gasteiger partial charge < -0.3 is 0 Å². The van der Waals surface area contributed by atoms with E-state index in [2.05, 4.69) is 0 Å². The number of imide groups is 1. The van der Waals surface area contributed by atoms with Crippen molar-refractivity contribution >= 4 is 29.1 Å². The fourth-order valence-corrected chi connectivity index (χ4v) is 4.42. The van der Waals surface area contributed by atoms with Crippen LogP contribution in [0.5, 0.6) is 0 Å². The first-order chi connectivity index (χ1) is 11.3. The minimum atomic E-state index is -4.65. The fraction of sp³-hybridized carbons (Fsp3) is 0.412. The Bertz CT molecular complexity index is 742. The number of rotatable bonds is 1. The molecule has 0 N–H and O–H groups in total. The molecule has 1 saturated carbocycles. The van der Waals surface area contributed by atoms with Crippen LogP contribution in [0.4, 0.5) is 18.9 Å². The Labute approximate surface area is 141 Å². The third-order valence-corrected chi connectivity index (χ3v) is 5.60. The highest BCUT2D eigenvalue weighted by molar-refractivity contribution is 6.31. The summed E-state index contributed by atoms with van der Waals surface area (Å²) in [6.07, 6.45) is 0.958. The first-order valence-corrected chi connectivity index (χ1v) is 8.09. The summed E-state index contributed by atoms with van der Waals surface area (Å²) in [5.74, 6) is -1.72. The summed E-state index contributed by atoms with van der Waals surface area (Å²) in [6, 6.07) is 3.15. The quantitative estimate of drug-likeness (QED) is 0.562. The van der Waals surface area contributed by atoms with Crippen LogP contribution in [0.25, 0.3) is 0 Å². The summed E-state index contributed by atoms with van der Waals surface area (Å²) < 4.78 is 39.2. The van der Waals surface area contributed by atoms with Gasteiger partial charge in [0, 0.05) is 0 Å². The second-order valence-corrected chi connectivity index (χ2v) is 6.92. The average molecular weight is 356 g/mol. The number of hydrogen-bond donors (Lipinski definition) is 0. The van der Waals surface area contributed by atoms with Gasteiger partial charge in [-0.15, -0.1) is 0 Å². The molecule has 126 valence electrons. The molecule has 2 fully saturated rings. The van der Waals surface area contributed by atoms with E-state index in [1.807, 2.05) is 12.2 Å². The first-order valence-electron chi connectivity index (χ1n) is 7.72. The molecule has 2 amide bonds. The normalized spacial score (nSPS) is 31.8. The minimum absolute atomic E-state index is 0.00385. The number of carbonyl (C=O) groups excluding carboxylic acids is 2. The van der Waals surface area contributed by atoms with Gasteiger partial charge in [-0.2, -0.15) is 13.2 Å². The minimum Gasteiger partial charge on any atom is -0.274 e. The zero-order valence-electron chi connectivity index (χ0n) is 12.4. The van der Waals surface area contributed by atoms with E-state index in [9.17, 15) is 22.8 Å². The Balaban J connectivity index is 1.76. The molecule has 1 aliphatic heterocycles. The van der Waals surface area contributed by atoms with Crippen molar-refractivity contribution in [2.24, 2.45) is 23.7 Å². The third kappa shape index (κ3) is 2.12. The van der Waals surface area contributed by atoms with E-state index in [-0.39, 0.29) is 17.5 Å². The van der Waals surface area contributed by atoms with E-state index in [0.717, 1.165) is 29.9 Å². The van der Waals surface area contributed by atoms with Gasteiger partial charge in [-0.25, -0.2) is 0 Å². The number of benzene rings is 1. The van der Waals surface area contributed by atoms with Crippen LogP contribution < -0.4 is 4.90 Å². The SMILES string of the molecule is O=C1[C@@H]2[C@@H](C(=O)N1c1ccc(Cl)c(C(F)(F)F)c1)[C@H]1C=C[C@H]2CC1. The van der Waals surface area contributed by atoms with Gasteiger partial charge in [0.2, 0.25) is 11.8 Å².